The van der Waals surface area contributed by atoms with Crippen molar-refractivity contribution in [3.8, 4) is 0 Å². The number of nitrogens with zero attached hydrogens (tertiary/aromatic N) is 2. The highest BCUT2D eigenvalue weighted by Crippen LogP contribution is 2.51. The number of ether oxygens (including phenoxy) is 1. The quantitative estimate of drug-likeness (QED) is 0.254. The normalized spacial score (nSPS) is 23.1. The zero-order valence-electron chi connectivity index (χ0n) is 26.3. The van der Waals surface area contributed by atoms with Crippen LogP contribution >= 0.6 is 23.2 Å². The van der Waals surface area contributed by atoms with Crippen LogP contribution in [0.1, 0.15) is 57.4 Å². The van der Waals surface area contributed by atoms with Gasteiger partial charge in [-0.15, -0.1) is 0 Å². The highest BCUT2D eigenvalue weighted by atomic mass is 35.5. The van der Waals surface area contributed by atoms with Crippen molar-refractivity contribution in [3.63, 3.8) is 0 Å². The number of benzene rings is 2. The average Bonchev–Trinajstić information content (AvgIpc) is 4.02. The van der Waals surface area contributed by atoms with Gasteiger partial charge in [0.15, 0.2) is 4.90 Å². The predicted octanol–water partition coefficient (Wildman–Crippen LogP) is 3.77. The second-order valence-electron chi connectivity index (χ2n) is 12.9. The first kappa shape index (κ1) is 34.0. The molecular weight excluding hydrogens is 663 g/mol. The van der Waals surface area contributed by atoms with Gasteiger partial charge in [-0.3, -0.25) is 19.2 Å². The average molecular weight is 704 g/mol. The van der Waals surface area contributed by atoms with Crippen molar-refractivity contribution in [1.29, 1.82) is 0 Å². The van der Waals surface area contributed by atoms with Crippen molar-refractivity contribution in [3.05, 3.63) is 58.1 Å². The smallest absolute Gasteiger partial charge is 0.289 e. The summed E-state index contributed by atoms with van der Waals surface area (Å²) in [5.41, 5.74) is 0.920. The van der Waals surface area contributed by atoms with E-state index in [1.54, 1.807) is 24.3 Å². The van der Waals surface area contributed by atoms with E-state index in [-0.39, 0.29) is 31.3 Å². The number of Topliss-reactive ketones (excluding diaryl/α,β-unsaturated/α-hetero) is 1. The van der Waals surface area contributed by atoms with E-state index in [1.807, 2.05) is 25.1 Å². The van der Waals surface area contributed by atoms with Gasteiger partial charge >= 0.3 is 0 Å². The number of carbonyl (C=O) groups is 4. The van der Waals surface area contributed by atoms with E-state index in [1.165, 1.54) is 4.90 Å². The van der Waals surface area contributed by atoms with Gasteiger partial charge in [0.05, 0.1) is 36.2 Å². The Morgan fingerprint density at radius 2 is 1.77 bits per heavy atom. The molecule has 2 aromatic rings. The van der Waals surface area contributed by atoms with Gasteiger partial charge in [-0.25, -0.2) is 0 Å². The molecule has 2 aromatic carbocycles. The summed E-state index contributed by atoms with van der Waals surface area (Å²) in [6.07, 6.45) is 3.83. The van der Waals surface area contributed by atoms with Crippen LogP contribution in [0.4, 0.5) is 5.69 Å². The molecule has 4 fully saturated rings. The van der Waals surface area contributed by atoms with Crippen molar-refractivity contribution in [2.75, 3.05) is 37.7 Å². The molecular formula is C34H40Cl2N4O6S. The Balaban J connectivity index is 1.24. The molecule has 2 aliphatic heterocycles. The molecule has 2 saturated carbocycles. The highest BCUT2D eigenvalue weighted by molar-refractivity contribution is 7.92. The molecule has 2 N–H and O–H groups in total. The summed E-state index contributed by atoms with van der Waals surface area (Å²) in [4.78, 5) is 58.1. The van der Waals surface area contributed by atoms with Crippen molar-refractivity contribution >= 4 is 63.6 Å². The maximum Gasteiger partial charge on any atom is 0.289 e. The number of rotatable bonds is 12. The summed E-state index contributed by atoms with van der Waals surface area (Å²) in [7, 11) is 0. The number of hydrogen-bond donors (Lipinski definition) is 2. The number of likely N-dealkylation sites (tertiary alicyclic amines) is 1. The number of nitrogens with one attached hydrogen (secondary N) is 2. The fourth-order valence-electron chi connectivity index (χ4n) is 6.54. The lowest BCUT2D eigenvalue weighted by Crippen LogP contribution is -2.54. The lowest BCUT2D eigenvalue weighted by Gasteiger charge is -2.29. The van der Waals surface area contributed by atoms with E-state index in [2.05, 4.69) is 15.5 Å². The Morgan fingerprint density at radius 1 is 1.06 bits per heavy atom. The minimum atomic E-state index is -1.64. The highest BCUT2D eigenvalue weighted by Gasteiger charge is 2.57. The van der Waals surface area contributed by atoms with Crippen LogP contribution in [0, 0.1) is 0 Å². The molecule has 0 spiro atoms. The molecule has 3 amide bonds. The van der Waals surface area contributed by atoms with Gasteiger partial charge in [0.1, 0.15) is 11.3 Å². The molecule has 47 heavy (non-hydrogen) atoms. The van der Waals surface area contributed by atoms with Crippen LogP contribution in [-0.4, -0.2) is 89.2 Å². The summed E-state index contributed by atoms with van der Waals surface area (Å²) in [6.45, 7) is 4.65. The number of amides is 3. The number of anilines is 1. The van der Waals surface area contributed by atoms with Crippen molar-refractivity contribution < 1.29 is 28.5 Å². The van der Waals surface area contributed by atoms with Crippen LogP contribution in [0.15, 0.2) is 47.4 Å². The maximum atomic E-state index is 14.3. The minimum absolute atomic E-state index is 0.000434. The third-order valence-corrected chi connectivity index (χ3v) is 12.0. The van der Waals surface area contributed by atoms with E-state index in [0.717, 1.165) is 37.2 Å². The molecule has 0 radical (unpaired) electrons. The molecule has 1 unspecified atom stereocenters. The zero-order chi connectivity index (χ0) is 33.3. The number of morpholine rings is 1. The lowest BCUT2D eigenvalue weighted by molar-refractivity contribution is -0.143. The summed E-state index contributed by atoms with van der Waals surface area (Å²) < 4.78 is 19.5. The van der Waals surface area contributed by atoms with Crippen molar-refractivity contribution in [1.82, 2.24) is 15.5 Å². The van der Waals surface area contributed by atoms with E-state index in [9.17, 15) is 23.7 Å². The fourth-order valence-corrected chi connectivity index (χ4v) is 8.53. The first-order chi connectivity index (χ1) is 22.6. The van der Waals surface area contributed by atoms with Gasteiger partial charge in [-0.2, -0.15) is 0 Å². The standard InChI is InChI=1S/C34H40Cl2N4O6S/c1-2-3-27(30(41)32(43)37-23-8-9-23)38-31(42)28-19-25(20-40(28)33(44)34(12-13-34)21-4-6-22(35)7-5-21)47(45)29-11-10-24(18-26(29)36)39-14-16-46-17-15-39/h4-7,10-11,18,23,25,27-28H,2-3,8-9,12-17,19-20H2,1H3,(H,37,43)(H,38,42)/t25-,27+,28+,47?/m1/s1. The van der Waals surface area contributed by atoms with Crippen molar-refractivity contribution in [2.45, 2.75) is 85.6 Å². The Bertz CT molecular complexity index is 1510. The topological polar surface area (TPSA) is 131 Å². The molecule has 4 aliphatic rings. The Morgan fingerprint density at radius 3 is 2.38 bits per heavy atom. The zero-order valence-corrected chi connectivity index (χ0v) is 28.7. The van der Waals surface area contributed by atoms with Gasteiger partial charge in [-0.1, -0.05) is 48.7 Å². The largest absolute Gasteiger partial charge is 0.611 e. The fraction of sp³-hybridized carbons (Fsp3) is 0.529. The number of halogens is 2. The molecule has 13 heteroatoms. The van der Waals surface area contributed by atoms with Gasteiger partial charge in [0.25, 0.3) is 5.91 Å². The third kappa shape index (κ3) is 7.44. The van der Waals surface area contributed by atoms with Gasteiger partial charge in [-0.05, 0) is 79.2 Å². The summed E-state index contributed by atoms with van der Waals surface area (Å²) in [5.74, 6) is -2.17. The first-order valence-electron chi connectivity index (χ1n) is 16.4. The predicted molar refractivity (Wildman–Crippen MR) is 180 cm³/mol. The molecule has 6 rings (SSSR count). The van der Waals surface area contributed by atoms with Crippen LogP contribution in [0.25, 0.3) is 0 Å². The van der Waals surface area contributed by atoms with Crippen LogP contribution in [0.5, 0.6) is 0 Å². The lowest BCUT2D eigenvalue weighted by atomic mass is 9.94. The SMILES string of the molecule is CCC[C@H](NC(=O)[C@@H]1C[C@@H]([S+]([O-])c2ccc(N3CCOCC3)cc2Cl)CN1C(=O)C1(c2ccc(Cl)cc2)CC1)C(=O)C(=O)NC1CC1. The molecule has 2 aliphatic carbocycles. The summed E-state index contributed by atoms with van der Waals surface area (Å²) >= 11 is 11.2. The Hall–Kier alpha value is -2.83. The Labute approximate surface area is 288 Å². The monoisotopic (exact) mass is 702 g/mol. The molecule has 10 nitrogen and oxygen atoms in total. The van der Waals surface area contributed by atoms with Gasteiger partial charge in [0, 0.05) is 36.3 Å². The number of hydrogen-bond acceptors (Lipinski definition) is 7. The minimum Gasteiger partial charge on any atom is -0.611 e. The van der Waals surface area contributed by atoms with Crippen LogP contribution in [0.2, 0.25) is 10.0 Å². The van der Waals surface area contributed by atoms with E-state index in [0.29, 0.717) is 47.4 Å². The first-order valence-corrected chi connectivity index (χ1v) is 18.3. The molecule has 4 atom stereocenters. The third-order valence-electron chi connectivity index (χ3n) is 9.54. The number of ketones is 1. The number of carbonyl (C=O) groups excluding carboxylic acids is 4. The second-order valence-corrected chi connectivity index (χ2v) is 15.4. The maximum absolute atomic E-state index is 14.3. The van der Waals surface area contributed by atoms with E-state index in [4.69, 9.17) is 27.9 Å². The van der Waals surface area contributed by atoms with Crippen LogP contribution in [-0.2, 0) is 40.5 Å². The van der Waals surface area contributed by atoms with Crippen LogP contribution < -0.4 is 15.5 Å². The van der Waals surface area contributed by atoms with Gasteiger partial charge < -0.3 is 29.7 Å². The second kappa shape index (κ2) is 14.3. The molecule has 252 valence electrons. The molecule has 2 heterocycles. The Kier molecular flexibility index (Phi) is 10.4. The van der Waals surface area contributed by atoms with Crippen molar-refractivity contribution in [2.24, 2.45) is 0 Å². The molecule has 0 bridgehead atoms. The van der Waals surface area contributed by atoms with Gasteiger partial charge in [0.2, 0.25) is 17.6 Å². The van der Waals surface area contributed by atoms with E-state index >= 15 is 0 Å². The van der Waals surface area contributed by atoms with Crippen LogP contribution in [0.3, 0.4) is 0 Å². The molecule has 2 saturated heterocycles. The molecule has 0 aromatic heterocycles. The summed E-state index contributed by atoms with van der Waals surface area (Å²) in [6, 6.07) is 10.6. The summed E-state index contributed by atoms with van der Waals surface area (Å²) in [5, 5.41) is 5.83. The van der Waals surface area contributed by atoms with E-state index < -0.39 is 51.5 Å².